The molecule has 1 aromatic rings. The molecule has 0 aliphatic heterocycles. The van der Waals surface area contributed by atoms with Gasteiger partial charge in [0, 0.05) is 4.88 Å². The molecule has 1 amide bonds. The van der Waals surface area contributed by atoms with Gasteiger partial charge in [-0.25, -0.2) is 0 Å². The molecule has 0 saturated heterocycles. The van der Waals surface area contributed by atoms with Crippen molar-refractivity contribution in [3.8, 4) is 0 Å². The molecule has 4 bridgehead atoms. The van der Waals surface area contributed by atoms with E-state index in [-0.39, 0.29) is 11.3 Å². The smallest absolute Gasteiger partial charge is 0.232 e. The summed E-state index contributed by atoms with van der Waals surface area (Å²) in [5.41, 5.74) is -0.122. The number of rotatable bonds is 3. The Morgan fingerprint density at radius 2 is 1.86 bits per heavy atom. The number of hydrogen-bond donors (Lipinski definition) is 2. The van der Waals surface area contributed by atoms with Crippen LogP contribution in [0.5, 0.6) is 0 Å². The van der Waals surface area contributed by atoms with Crippen molar-refractivity contribution >= 4 is 34.6 Å². The van der Waals surface area contributed by atoms with Crippen LogP contribution in [0.15, 0.2) is 17.5 Å². The average Bonchev–Trinajstić information content (AvgIpc) is 2.97. The van der Waals surface area contributed by atoms with Gasteiger partial charge in [-0.05, 0) is 79.9 Å². The van der Waals surface area contributed by atoms with Crippen LogP contribution in [0.1, 0.15) is 43.4 Å². The van der Waals surface area contributed by atoms with Crippen LogP contribution in [0.3, 0.4) is 0 Å². The van der Waals surface area contributed by atoms with Crippen molar-refractivity contribution in [2.75, 3.05) is 0 Å². The molecule has 0 aromatic carbocycles. The molecule has 4 aliphatic carbocycles. The number of hydrogen-bond acceptors (Lipinski definition) is 3. The van der Waals surface area contributed by atoms with E-state index >= 15 is 0 Å². The highest BCUT2D eigenvalue weighted by Crippen LogP contribution is 2.60. The van der Waals surface area contributed by atoms with Gasteiger partial charge in [0.15, 0.2) is 5.11 Å². The Morgan fingerprint density at radius 3 is 2.41 bits per heavy atom. The van der Waals surface area contributed by atoms with Gasteiger partial charge in [-0.1, -0.05) is 6.07 Å². The number of thiocarbonyl (C=S) groups is 1. The fourth-order valence-corrected chi connectivity index (χ4v) is 6.06. The van der Waals surface area contributed by atoms with Crippen LogP contribution in [-0.2, 0) is 11.3 Å². The maximum Gasteiger partial charge on any atom is 0.232 e. The van der Waals surface area contributed by atoms with Gasteiger partial charge in [-0.2, -0.15) is 0 Å². The van der Waals surface area contributed by atoms with Gasteiger partial charge in [-0.3, -0.25) is 4.79 Å². The molecule has 0 atom stereocenters. The van der Waals surface area contributed by atoms with E-state index in [1.165, 1.54) is 24.1 Å². The van der Waals surface area contributed by atoms with E-state index < -0.39 is 0 Å². The second-order valence-electron chi connectivity index (χ2n) is 7.41. The topological polar surface area (TPSA) is 41.1 Å². The Kier molecular flexibility index (Phi) is 3.73. The highest BCUT2D eigenvalue weighted by Gasteiger charge is 2.54. The van der Waals surface area contributed by atoms with E-state index in [9.17, 15) is 4.79 Å². The second kappa shape index (κ2) is 5.60. The molecule has 0 radical (unpaired) electrons. The van der Waals surface area contributed by atoms with Gasteiger partial charge in [0.1, 0.15) is 0 Å². The van der Waals surface area contributed by atoms with Crippen LogP contribution < -0.4 is 10.6 Å². The lowest BCUT2D eigenvalue weighted by Crippen LogP contribution is -2.55. The summed E-state index contributed by atoms with van der Waals surface area (Å²) in [6.45, 7) is 0.692. The predicted octanol–water partition coefficient (Wildman–Crippen LogP) is 3.46. The molecule has 4 aliphatic rings. The SMILES string of the molecule is O=C(NC(=S)NCc1cccs1)C12CC3CC(CC(C3)C1)C2. The van der Waals surface area contributed by atoms with Crippen molar-refractivity contribution in [3.05, 3.63) is 22.4 Å². The molecule has 3 nitrogen and oxygen atoms in total. The van der Waals surface area contributed by atoms with Crippen molar-refractivity contribution in [1.82, 2.24) is 10.6 Å². The summed E-state index contributed by atoms with van der Waals surface area (Å²) in [6, 6.07) is 4.10. The van der Waals surface area contributed by atoms with E-state index in [1.807, 2.05) is 11.4 Å². The van der Waals surface area contributed by atoms with Gasteiger partial charge in [0.05, 0.1) is 12.0 Å². The first kappa shape index (κ1) is 14.6. The number of amides is 1. The maximum atomic E-state index is 12.8. The van der Waals surface area contributed by atoms with Crippen LogP contribution in [0.25, 0.3) is 0 Å². The summed E-state index contributed by atoms with van der Waals surface area (Å²) in [6.07, 6.45) is 7.31. The fourth-order valence-electron chi connectivity index (χ4n) is 5.25. The summed E-state index contributed by atoms with van der Waals surface area (Å²) < 4.78 is 0. The Balaban J connectivity index is 1.36. The molecule has 1 heterocycles. The van der Waals surface area contributed by atoms with Crippen LogP contribution in [-0.4, -0.2) is 11.0 Å². The molecule has 4 saturated carbocycles. The Bertz CT molecular complexity index is 546. The highest BCUT2D eigenvalue weighted by atomic mass is 32.1. The first-order chi connectivity index (χ1) is 10.6. The molecular weight excluding hydrogens is 312 g/mol. The van der Waals surface area contributed by atoms with Crippen molar-refractivity contribution < 1.29 is 4.79 Å². The largest absolute Gasteiger partial charge is 0.357 e. The summed E-state index contributed by atoms with van der Waals surface area (Å²) in [5, 5.41) is 8.67. The summed E-state index contributed by atoms with van der Waals surface area (Å²) in [4.78, 5) is 14.1. The minimum Gasteiger partial charge on any atom is -0.357 e. The third-order valence-corrected chi connectivity index (χ3v) is 6.87. The summed E-state index contributed by atoms with van der Waals surface area (Å²) >= 11 is 7.02. The zero-order valence-corrected chi connectivity index (χ0v) is 14.3. The monoisotopic (exact) mass is 334 g/mol. The lowest BCUT2D eigenvalue weighted by atomic mass is 9.49. The zero-order valence-electron chi connectivity index (χ0n) is 12.6. The molecular formula is C17H22N2OS2. The van der Waals surface area contributed by atoms with Crippen molar-refractivity contribution in [2.45, 2.75) is 45.1 Å². The quantitative estimate of drug-likeness (QED) is 0.832. The zero-order chi connectivity index (χ0) is 15.2. The Hall–Kier alpha value is -0.940. The number of nitrogens with one attached hydrogen (secondary N) is 2. The van der Waals surface area contributed by atoms with Gasteiger partial charge in [0.2, 0.25) is 5.91 Å². The minimum absolute atomic E-state index is 0.122. The number of thiophene rings is 1. The molecule has 22 heavy (non-hydrogen) atoms. The molecule has 118 valence electrons. The third-order valence-electron chi connectivity index (χ3n) is 5.75. The van der Waals surface area contributed by atoms with E-state index in [0.717, 1.165) is 37.0 Å². The maximum absolute atomic E-state index is 12.8. The standard InChI is InChI=1S/C17H22N2OS2/c20-15(19-16(21)18-10-14-2-1-3-22-14)17-7-11-4-12(8-17)6-13(5-11)9-17/h1-3,11-13H,4-10H2,(H2,18,19,20,21). The van der Waals surface area contributed by atoms with E-state index in [2.05, 4.69) is 16.7 Å². The number of carbonyl (C=O) groups is 1. The lowest BCUT2D eigenvalue weighted by Gasteiger charge is -2.55. The normalized spacial score (nSPS) is 35.4. The van der Waals surface area contributed by atoms with E-state index in [1.54, 1.807) is 11.3 Å². The lowest BCUT2D eigenvalue weighted by molar-refractivity contribution is -0.144. The predicted molar refractivity (Wildman–Crippen MR) is 92.5 cm³/mol. The Labute approximate surface area is 140 Å². The van der Waals surface area contributed by atoms with Gasteiger partial charge < -0.3 is 10.6 Å². The van der Waals surface area contributed by atoms with Crippen LogP contribution in [0, 0.1) is 23.2 Å². The van der Waals surface area contributed by atoms with Crippen LogP contribution in [0.2, 0.25) is 0 Å². The van der Waals surface area contributed by atoms with Gasteiger partial charge >= 0.3 is 0 Å². The van der Waals surface area contributed by atoms with Gasteiger partial charge in [0.25, 0.3) is 0 Å². The first-order valence-electron chi connectivity index (χ1n) is 8.25. The molecule has 1 aromatic heterocycles. The van der Waals surface area contributed by atoms with Crippen LogP contribution >= 0.6 is 23.6 Å². The summed E-state index contributed by atoms with van der Waals surface area (Å²) in [7, 11) is 0. The molecule has 0 unspecified atom stereocenters. The summed E-state index contributed by atoms with van der Waals surface area (Å²) in [5.74, 6) is 2.52. The number of carbonyl (C=O) groups excluding carboxylic acids is 1. The van der Waals surface area contributed by atoms with Crippen molar-refractivity contribution in [3.63, 3.8) is 0 Å². The minimum atomic E-state index is -0.122. The van der Waals surface area contributed by atoms with Crippen LogP contribution in [0.4, 0.5) is 0 Å². The first-order valence-corrected chi connectivity index (χ1v) is 9.53. The highest BCUT2D eigenvalue weighted by molar-refractivity contribution is 7.80. The molecule has 4 fully saturated rings. The van der Waals surface area contributed by atoms with E-state index in [0.29, 0.717) is 11.7 Å². The molecule has 5 heteroatoms. The Morgan fingerprint density at radius 1 is 1.23 bits per heavy atom. The second-order valence-corrected chi connectivity index (χ2v) is 8.85. The molecule has 0 spiro atoms. The van der Waals surface area contributed by atoms with E-state index in [4.69, 9.17) is 12.2 Å². The van der Waals surface area contributed by atoms with Crippen molar-refractivity contribution in [1.29, 1.82) is 0 Å². The molecule has 5 rings (SSSR count). The van der Waals surface area contributed by atoms with Crippen molar-refractivity contribution in [2.24, 2.45) is 23.2 Å². The third kappa shape index (κ3) is 2.69. The average molecular weight is 335 g/mol. The van der Waals surface area contributed by atoms with Gasteiger partial charge in [-0.15, -0.1) is 11.3 Å². The fraction of sp³-hybridized carbons (Fsp3) is 0.647. The molecule has 2 N–H and O–H groups in total.